The minimum atomic E-state index is 0.0610. The van der Waals surface area contributed by atoms with Crippen LogP contribution in [0.2, 0.25) is 0 Å². The van der Waals surface area contributed by atoms with Crippen molar-refractivity contribution < 1.29 is 4.79 Å². The number of carbonyl (C=O) groups excluding carboxylic acids is 1. The second kappa shape index (κ2) is 3.37. The molecular formula is C13H17NO. The van der Waals surface area contributed by atoms with Crippen LogP contribution in [0.1, 0.15) is 48.7 Å². The molecule has 1 aliphatic rings. The van der Waals surface area contributed by atoms with Crippen molar-refractivity contribution >= 4 is 5.91 Å². The summed E-state index contributed by atoms with van der Waals surface area (Å²) in [4.78, 5) is 11.4. The number of hydrogen-bond donors (Lipinski definition) is 1. The van der Waals surface area contributed by atoms with Gasteiger partial charge >= 0.3 is 0 Å². The maximum Gasteiger partial charge on any atom is 0.251 e. The van der Waals surface area contributed by atoms with E-state index < -0.39 is 0 Å². The Labute approximate surface area is 90.7 Å². The lowest BCUT2D eigenvalue weighted by Gasteiger charge is -2.23. The van der Waals surface area contributed by atoms with E-state index in [1.165, 1.54) is 5.56 Å². The molecule has 2 rings (SSSR count). The van der Waals surface area contributed by atoms with Gasteiger partial charge in [-0.05, 0) is 29.0 Å². The Morgan fingerprint density at radius 1 is 1.40 bits per heavy atom. The van der Waals surface area contributed by atoms with E-state index in [9.17, 15) is 4.79 Å². The Morgan fingerprint density at radius 2 is 2.13 bits per heavy atom. The van der Waals surface area contributed by atoms with E-state index in [1.54, 1.807) is 0 Å². The lowest BCUT2D eigenvalue weighted by molar-refractivity contribution is 0.0966. The highest BCUT2D eigenvalue weighted by Gasteiger charge is 2.23. The van der Waals surface area contributed by atoms with E-state index in [1.807, 2.05) is 6.07 Å². The molecule has 0 fully saturated rings. The van der Waals surface area contributed by atoms with Crippen molar-refractivity contribution in [2.75, 3.05) is 0 Å². The van der Waals surface area contributed by atoms with E-state index in [-0.39, 0.29) is 11.3 Å². The van der Waals surface area contributed by atoms with Crippen LogP contribution in [0.25, 0.3) is 0 Å². The molecule has 80 valence electrons. The minimum Gasteiger partial charge on any atom is -0.348 e. The lowest BCUT2D eigenvalue weighted by atomic mass is 9.81. The van der Waals surface area contributed by atoms with Crippen LogP contribution in [0.15, 0.2) is 18.2 Å². The van der Waals surface area contributed by atoms with E-state index >= 15 is 0 Å². The van der Waals surface area contributed by atoms with Crippen LogP contribution in [0.5, 0.6) is 0 Å². The Kier molecular flexibility index (Phi) is 2.29. The van der Waals surface area contributed by atoms with Gasteiger partial charge in [-0.15, -0.1) is 0 Å². The second-order valence-corrected chi connectivity index (χ2v) is 4.79. The maximum absolute atomic E-state index is 11.4. The second-order valence-electron chi connectivity index (χ2n) is 4.79. The summed E-state index contributed by atoms with van der Waals surface area (Å²) in [5, 5.41) is 2.84. The molecule has 1 aliphatic heterocycles. The maximum atomic E-state index is 11.4. The first-order valence-electron chi connectivity index (χ1n) is 5.46. The minimum absolute atomic E-state index is 0.0610. The van der Waals surface area contributed by atoms with Gasteiger partial charge < -0.3 is 5.32 Å². The van der Waals surface area contributed by atoms with Gasteiger partial charge in [0.1, 0.15) is 0 Å². The normalized spacial score (nSPS) is 15.0. The third-order valence-electron chi connectivity index (χ3n) is 3.45. The van der Waals surface area contributed by atoms with Crippen LogP contribution < -0.4 is 5.32 Å². The number of rotatable bonds is 2. The van der Waals surface area contributed by atoms with E-state index in [2.05, 4.69) is 38.2 Å². The fourth-order valence-electron chi connectivity index (χ4n) is 1.86. The van der Waals surface area contributed by atoms with Crippen molar-refractivity contribution in [1.29, 1.82) is 0 Å². The first kappa shape index (κ1) is 10.2. The van der Waals surface area contributed by atoms with Gasteiger partial charge in [0.25, 0.3) is 5.91 Å². The first-order chi connectivity index (χ1) is 7.04. The molecule has 2 heteroatoms. The van der Waals surface area contributed by atoms with Crippen molar-refractivity contribution in [3.63, 3.8) is 0 Å². The van der Waals surface area contributed by atoms with Crippen molar-refractivity contribution in [2.45, 2.75) is 39.2 Å². The number of nitrogens with one attached hydrogen (secondary N) is 1. The van der Waals surface area contributed by atoms with Crippen molar-refractivity contribution in [3.8, 4) is 0 Å². The van der Waals surface area contributed by atoms with Gasteiger partial charge in [0.15, 0.2) is 0 Å². The van der Waals surface area contributed by atoms with Gasteiger partial charge in [0, 0.05) is 12.1 Å². The van der Waals surface area contributed by atoms with Crippen LogP contribution in [0.4, 0.5) is 0 Å². The van der Waals surface area contributed by atoms with E-state index in [4.69, 9.17) is 0 Å². The summed E-state index contributed by atoms with van der Waals surface area (Å²) in [5.41, 5.74) is 3.49. The van der Waals surface area contributed by atoms with Crippen molar-refractivity contribution in [1.82, 2.24) is 5.32 Å². The predicted octanol–water partition coefficient (Wildman–Crippen LogP) is 2.62. The molecule has 0 atom stereocenters. The molecule has 0 unspecified atom stereocenters. The Balaban J connectivity index is 2.43. The zero-order chi connectivity index (χ0) is 11.1. The van der Waals surface area contributed by atoms with Crippen LogP contribution in [0, 0.1) is 0 Å². The summed E-state index contributed by atoms with van der Waals surface area (Å²) in [5.74, 6) is 0.0610. The fraction of sp³-hybridized carbons (Fsp3) is 0.462. The molecule has 1 heterocycles. The molecule has 0 saturated heterocycles. The molecular weight excluding hydrogens is 186 g/mol. The van der Waals surface area contributed by atoms with Crippen molar-refractivity contribution in [2.24, 2.45) is 0 Å². The van der Waals surface area contributed by atoms with Crippen LogP contribution in [-0.4, -0.2) is 5.91 Å². The van der Waals surface area contributed by atoms with Crippen LogP contribution >= 0.6 is 0 Å². The standard InChI is InChI=1S/C13H17NO/c1-4-13(2,3)10-5-6-11-9(7-10)8-14-12(11)15/h5-7H,4,8H2,1-3H3,(H,14,15). The van der Waals surface area contributed by atoms with E-state index in [0.29, 0.717) is 6.54 Å². The Hall–Kier alpha value is -1.31. The molecule has 2 nitrogen and oxygen atoms in total. The molecule has 0 aliphatic carbocycles. The number of benzene rings is 1. The molecule has 0 radical (unpaired) electrons. The quantitative estimate of drug-likeness (QED) is 0.786. The fourth-order valence-corrected chi connectivity index (χ4v) is 1.86. The topological polar surface area (TPSA) is 29.1 Å². The molecule has 1 amide bonds. The third-order valence-corrected chi connectivity index (χ3v) is 3.45. The Morgan fingerprint density at radius 3 is 2.80 bits per heavy atom. The monoisotopic (exact) mass is 203 g/mol. The summed E-state index contributed by atoms with van der Waals surface area (Å²) < 4.78 is 0. The summed E-state index contributed by atoms with van der Waals surface area (Å²) in [7, 11) is 0. The molecule has 0 saturated carbocycles. The van der Waals surface area contributed by atoms with Gasteiger partial charge in [-0.1, -0.05) is 32.9 Å². The summed E-state index contributed by atoms with van der Waals surface area (Å²) in [6.07, 6.45) is 1.10. The number of carbonyl (C=O) groups is 1. The van der Waals surface area contributed by atoms with Gasteiger partial charge in [-0.25, -0.2) is 0 Å². The molecule has 0 bridgehead atoms. The molecule has 1 aromatic rings. The number of amides is 1. The molecule has 0 spiro atoms. The molecule has 15 heavy (non-hydrogen) atoms. The zero-order valence-electron chi connectivity index (χ0n) is 9.55. The highest BCUT2D eigenvalue weighted by molar-refractivity contribution is 5.98. The molecule has 1 aromatic carbocycles. The highest BCUT2D eigenvalue weighted by Crippen LogP contribution is 2.29. The van der Waals surface area contributed by atoms with E-state index in [0.717, 1.165) is 17.5 Å². The third kappa shape index (κ3) is 1.65. The Bertz CT molecular complexity index is 407. The van der Waals surface area contributed by atoms with Crippen LogP contribution in [0.3, 0.4) is 0 Å². The average molecular weight is 203 g/mol. The van der Waals surface area contributed by atoms with Gasteiger partial charge in [0.05, 0.1) is 0 Å². The largest absolute Gasteiger partial charge is 0.348 e. The number of hydrogen-bond acceptors (Lipinski definition) is 1. The summed E-state index contributed by atoms with van der Waals surface area (Å²) in [6.45, 7) is 7.34. The summed E-state index contributed by atoms with van der Waals surface area (Å²) in [6, 6.07) is 6.19. The molecule has 0 aromatic heterocycles. The van der Waals surface area contributed by atoms with Crippen molar-refractivity contribution in [3.05, 3.63) is 34.9 Å². The summed E-state index contributed by atoms with van der Waals surface area (Å²) >= 11 is 0. The van der Waals surface area contributed by atoms with Gasteiger partial charge in [-0.2, -0.15) is 0 Å². The lowest BCUT2D eigenvalue weighted by Crippen LogP contribution is -2.15. The zero-order valence-corrected chi connectivity index (χ0v) is 9.55. The van der Waals surface area contributed by atoms with Gasteiger partial charge in [-0.3, -0.25) is 4.79 Å². The first-order valence-corrected chi connectivity index (χ1v) is 5.46. The highest BCUT2D eigenvalue weighted by atomic mass is 16.1. The smallest absolute Gasteiger partial charge is 0.251 e. The SMILES string of the molecule is CCC(C)(C)c1ccc2c(c1)CNC2=O. The predicted molar refractivity (Wildman–Crippen MR) is 60.9 cm³/mol. The van der Waals surface area contributed by atoms with Crippen LogP contribution in [-0.2, 0) is 12.0 Å². The average Bonchev–Trinajstić information content (AvgIpc) is 2.60. The number of fused-ring (bicyclic) bond motifs is 1. The van der Waals surface area contributed by atoms with Gasteiger partial charge in [0.2, 0.25) is 0 Å². The molecule has 1 N–H and O–H groups in total.